The van der Waals surface area contributed by atoms with Crippen LogP contribution in [-0.2, 0) is 6.18 Å². The van der Waals surface area contributed by atoms with Crippen LogP contribution in [0.2, 0.25) is 5.02 Å². The summed E-state index contributed by atoms with van der Waals surface area (Å²) in [6.45, 7) is 0. The van der Waals surface area contributed by atoms with Gasteiger partial charge in [0.1, 0.15) is 28.9 Å². The van der Waals surface area contributed by atoms with Crippen LogP contribution in [0.3, 0.4) is 0 Å². The summed E-state index contributed by atoms with van der Waals surface area (Å²) < 4.78 is 55.7. The first-order valence-corrected chi connectivity index (χ1v) is 9.09. The van der Waals surface area contributed by atoms with Crippen LogP contribution in [0.15, 0.2) is 48.9 Å². The Morgan fingerprint density at radius 1 is 1.12 bits per heavy atom. The lowest BCUT2D eigenvalue weighted by Crippen LogP contribution is -2.20. The molecule has 0 amide bonds. The molecular weight excluding hydrogens is 456 g/mol. The highest BCUT2D eigenvalue weighted by molar-refractivity contribution is 6.34. The van der Waals surface area contributed by atoms with Gasteiger partial charge in [0.05, 0.1) is 27.9 Å². The highest BCUT2D eigenvalue weighted by atomic mass is 35.5. The molecule has 32 heavy (non-hydrogen) atoms. The predicted octanol–water partition coefficient (Wildman–Crippen LogP) is 4.69. The highest BCUT2D eigenvalue weighted by Gasteiger charge is 2.37. The number of hydrogen-bond acceptors (Lipinski definition) is 5. The number of rotatable bonds is 3. The second-order valence-electron chi connectivity index (χ2n) is 6.48. The number of nitrogens with zero attached hydrogens (tertiary/aromatic N) is 4. The SMILES string of the molecule is O=C(O)c1ccc(-c2nn(C(=O)c3c(Cl)cccc3C(F)(F)F)c3cncnc23)c(F)c1. The van der Waals surface area contributed by atoms with Crippen molar-refractivity contribution >= 4 is 34.5 Å². The van der Waals surface area contributed by atoms with Crippen molar-refractivity contribution in [3.8, 4) is 11.3 Å². The van der Waals surface area contributed by atoms with Crippen molar-refractivity contribution in [3.63, 3.8) is 0 Å². The fourth-order valence-corrected chi connectivity index (χ4v) is 3.38. The van der Waals surface area contributed by atoms with Gasteiger partial charge in [-0.2, -0.15) is 23.0 Å². The van der Waals surface area contributed by atoms with Crippen molar-refractivity contribution in [2.75, 3.05) is 0 Å². The summed E-state index contributed by atoms with van der Waals surface area (Å²) in [5, 5.41) is 12.5. The van der Waals surface area contributed by atoms with Crippen LogP contribution in [0.4, 0.5) is 17.6 Å². The van der Waals surface area contributed by atoms with E-state index < -0.39 is 40.0 Å². The van der Waals surface area contributed by atoms with Crippen molar-refractivity contribution in [1.82, 2.24) is 19.7 Å². The molecule has 7 nitrogen and oxygen atoms in total. The summed E-state index contributed by atoms with van der Waals surface area (Å²) >= 11 is 5.92. The molecule has 162 valence electrons. The number of hydrogen-bond donors (Lipinski definition) is 1. The van der Waals surface area contributed by atoms with E-state index in [0.717, 1.165) is 42.9 Å². The first-order chi connectivity index (χ1) is 15.1. The molecule has 1 N–H and O–H groups in total. The number of benzene rings is 2. The van der Waals surface area contributed by atoms with Gasteiger partial charge in [0.15, 0.2) is 0 Å². The van der Waals surface area contributed by atoms with Gasteiger partial charge in [0.25, 0.3) is 5.91 Å². The van der Waals surface area contributed by atoms with E-state index in [1.165, 1.54) is 0 Å². The number of halogens is 5. The molecule has 12 heteroatoms. The maximum absolute atomic E-state index is 14.6. The van der Waals surface area contributed by atoms with E-state index in [4.69, 9.17) is 16.7 Å². The number of carboxylic acid groups (broad SMARTS) is 1. The minimum atomic E-state index is -4.88. The third kappa shape index (κ3) is 3.56. The first kappa shape index (κ1) is 21.4. The predicted molar refractivity (Wildman–Crippen MR) is 104 cm³/mol. The van der Waals surface area contributed by atoms with E-state index in [1.54, 1.807) is 0 Å². The van der Waals surface area contributed by atoms with E-state index in [2.05, 4.69) is 15.1 Å². The third-order valence-electron chi connectivity index (χ3n) is 4.54. The monoisotopic (exact) mass is 464 g/mol. The summed E-state index contributed by atoms with van der Waals surface area (Å²) in [5.41, 5.74) is -2.96. The van der Waals surface area contributed by atoms with Crippen molar-refractivity contribution in [2.24, 2.45) is 0 Å². The summed E-state index contributed by atoms with van der Waals surface area (Å²) in [6.07, 6.45) is -2.66. The van der Waals surface area contributed by atoms with Gasteiger partial charge >= 0.3 is 12.1 Å². The van der Waals surface area contributed by atoms with Crippen LogP contribution in [0.1, 0.15) is 26.3 Å². The zero-order valence-electron chi connectivity index (χ0n) is 15.6. The lowest BCUT2D eigenvalue weighted by molar-refractivity contribution is -0.137. The molecule has 0 aliphatic rings. The Kier molecular flexibility index (Phi) is 5.13. The van der Waals surface area contributed by atoms with Gasteiger partial charge in [-0.3, -0.25) is 4.79 Å². The quantitative estimate of drug-likeness (QED) is 0.442. The second-order valence-corrected chi connectivity index (χ2v) is 6.89. The third-order valence-corrected chi connectivity index (χ3v) is 4.86. The van der Waals surface area contributed by atoms with Crippen molar-refractivity contribution < 1.29 is 32.3 Å². The molecule has 0 radical (unpaired) electrons. The molecule has 2 aromatic carbocycles. The molecule has 2 heterocycles. The molecule has 0 aliphatic heterocycles. The average molecular weight is 465 g/mol. The van der Waals surface area contributed by atoms with Crippen LogP contribution < -0.4 is 0 Å². The van der Waals surface area contributed by atoms with Gasteiger partial charge in [-0.1, -0.05) is 17.7 Å². The van der Waals surface area contributed by atoms with Crippen LogP contribution >= 0.6 is 11.6 Å². The van der Waals surface area contributed by atoms with Gasteiger partial charge < -0.3 is 5.11 Å². The Morgan fingerprint density at radius 2 is 1.88 bits per heavy atom. The van der Waals surface area contributed by atoms with Crippen molar-refractivity contribution in [3.05, 3.63) is 76.5 Å². The second kappa shape index (κ2) is 7.68. The Morgan fingerprint density at radius 3 is 2.53 bits per heavy atom. The molecule has 0 bridgehead atoms. The maximum Gasteiger partial charge on any atom is 0.417 e. The van der Waals surface area contributed by atoms with E-state index in [1.807, 2.05) is 0 Å². The average Bonchev–Trinajstić information content (AvgIpc) is 3.12. The minimum absolute atomic E-state index is 0.0315. The number of carbonyl (C=O) groups is 2. The molecule has 4 rings (SSSR count). The van der Waals surface area contributed by atoms with Crippen LogP contribution in [0, 0.1) is 5.82 Å². The van der Waals surface area contributed by atoms with E-state index in [-0.39, 0.29) is 27.9 Å². The molecule has 0 fully saturated rings. The topological polar surface area (TPSA) is 98.0 Å². The fraction of sp³-hybridized carbons (Fsp3) is 0.0500. The van der Waals surface area contributed by atoms with E-state index >= 15 is 0 Å². The fourth-order valence-electron chi connectivity index (χ4n) is 3.12. The molecule has 0 unspecified atom stereocenters. The number of fused-ring (bicyclic) bond motifs is 1. The normalized spacial score (nSPS) is 11.7. The smallest absolute Gasteiger partial charge is 0.417 e. The largest absolute Gasteiger partial charge is 0.478 e. The van der Waals surface area contributed by atoms with Crippen LogP contribution in [-0.4, -0.2) is 36.7 Å². The molecule has 4 aromatic rings. The molecule has 0 aliphatic carbocycles. The summed E-state index contributed by atoms with van der Waals surface area (Å²) in [6, 6.07) is 5.86. The number of aromatic carboxylic acids is 1. The molecule has 0 saturated heterocycles. The molecule has 0 saturated carbocycles. The van der Waals surface area contributed by atoms with Crippen molar-refractivity contribution in [1.29, 1.82) is 0 Å². The summed E-state index contributed by atoms with van der Waals surface area (Å²) in [7, 11) is 0. The molecular formula is C20H9ClF4N4O3. The number of carbonyl (C=O) groups excluding carboxylic acids is 1. The van der Waals surface area contributed by atoms with Gasteiger partial charge in [0, 0.05) is 5.56 Å². The van der Waals surface area contributed by atoms with Crippen molar-refractivity contribution in [2.45, 2.75) is 6.18 Å². The Labute approximate surface area is 180 Å². The lowest BCUT2D eigenvalue weighted by Gasteiger charge is -2.13. The number of aromatic nitrogens is 4. The standard InChI is InChI=1S/C20H9ClF4N4O3/c21-12-3-1-2-11(20(23,24)25)15(12)18(30)29-14-7-26-8-27-17(14)16(28-29)10-5-4-9(19(31)32)6-13(10)22/h1-8H,(H,31,32). The van der Waals surface area contributed by atoms with Gasteiger partial charge in [-0.15, -0.1) is 0 Å². The summed E-state index contributed by atoms with van der Waals surface area (Å²) in [5.74, 6) is -3.56. The van der Waals surface area contributed by atoms with E-state index in [0.29, 0.717) is 10.7 Å². The summed E-state index contributed by atoms with van der Waals surface area (Å²) in [4.78, 5) is 31.9. The number of carboxylic acids is 1. The number of alkyl halides is 3. The molecule has 2 aromatic heterocycles. The van der Waals surface area contributed by atoms with Crippen LogP contribution in [0.5, 0.6) is 0 Å². The van der Waals surface area contributed by atoms with E-state index in [9.17, 15) is 27.2 Å². The molecule has 0 atom stereocenters. The highest BCUT2D eigenvalue weighted by Crippen LogP contribution is 2.36. The van der Waals surface area contributed by atoms with Gasteiger partial charge in [-0.05, 0) is 30.3 Å². The lowest BCUT2D eigenvalue weighted by atomic mass is 10.1. The zero-order chi connectivity index (χ0) is 23.2. The van der Waals surface area contributed by atoms with Gasteiger partial charge in [0.2, 0.25) is 0 Å². The minimum Gasteiger partial charge on any atom is -0.478 e. The first-order valence-electron chi connectivity index (χ1n) is 8.72. The van der Waals surface area contributed by atoms with Crippen LogP contribution in [0.25, 0.3) is 22.3 Å². The van der Waals surface area contributed by atoms with Gasteiger partial charge in [-0.25, -0.2) is 19.2 Å². The molecule has 0 spiro atoms. The Bertz CT molecular complexity index is 1400. The maximum atomic E-state index is 14.6. The Balaban J connectivity index is 1.95. The zero-order valence-corrected chi connectivity index (χ0v) is 16.3. The Hall–Kier alpha value is -3.86.